The average Bonchev–Trinajstić information content (AvgIpc) is 2.12. The van der Waals surface area contributed by atoms with Gasteiger partial charge in [0.25, 0.3) is 0 Å². The van der Waals surface area contributed by atoms with Crippen molar-refractivity contribution >= 4 is 10.8 Å². The maximum atomic E-state index is 4.11. The summed E-state index contributed by atoms with van der Waals surface area (Å²) in [5.41, 5.74) is 3.74. The Labute approximate surface area is 79.2 Å². The first-order valence-electron chi connectivity index (χ1n) is 4.51. The number of rotatable bonds is 0. The Hall–Kier alpha value is -1.30. The predicted octanol–water partition coefficient (Wildman–Crippen LogP) is 3.64. The molecule has 0 bridgehead atoms. The van der Waals surface area contributed by atoms with Crippen molar-refractivity contribution in [2.24, 2.45) is 0 Å². The minimum absolute atomic E-state index is 1.16. The van der Waals surface area contributed by atoms with Crippen molar-refractivity contribution in [3.05, 3.63) is 53.9 Å². The average molecular weight is 169 g/mol. The molecule has 0 heterocycles. The zero-order chi connectivity index (χ0) is 9.42. The van der Waals surface area contributed by atoms with Crippen LogP contribution in [-0.2, 0) is 0 Å². The summed E-state index contributed by atoms with van der Waals surface area (Å²) in [4.78, 5) is 0. The zero-order valence-corrected chi connectivity index (χ0v) is 8.09. The van der Waals surface area contributed by atoms with E-state index in [0.29, 0.717) is 0 Å². The minimum Gasteiger partial charge on any atom is -0.0614 e. The van der Waals surface area contributed by atoms with E-state index in [0.717, 1.165) is 5.56 Å². The third kappa shape index (κ3) is 1.23. The van der Waals surface area contributed by atoms with Crippen molar-refractivity contribution in [2.75, 3.05) is 0 Å². The van der Waals surface area contributed by atoms with Gasteiger partial charge in [0.1, 0.15) is 0 Å². The third-order valence-electron chi connectivity index (χ3n) is 2.60. The molecule has 0 aromatic heterocycles. The lowest BCUT2D eigenvalue weighted by Gasteiger charge is -2.07. The van der Waals surface area contributed by atoms with Gasteiger partial charge in [0.15, 0.2) is 0 Å². The summed E-state index contributed by atoms with van der Waals surface area (Å²) < 4.78 is 0. The van der Waals surface area contributed by atoms with Crippen LogP contribution in [0.3, 0.4) is 0 Å². The molecule has 0 saturated carbocycles. The molecule has 0 saturated heterocycles. The van der Waals surface area contributed by atoms with Crippen LogP contribution in [-0.4, -0.2) is 0 Å². The standard InChI is InChI=1S/C13H13/c1-9-7-8-12-6-4-5-10(2)13(12)11(9)3/h4-8H,3H2,1-2H3. The van der Waals surface area contributed by atoms with Gasteiger partial charge in [-0.25, -0.2) is 0 Å². The third-order valence-corrected chi connectivity index (χ3v) is 2.60. The number of benzene rings is 2. The van der Waals surface area contributed by atoms with Gasteiger partial charge >= 0.3 is 0 Å². The first-order chi connectivity index (χ1) is 6.20. The topological polar surface area (TPSA) is 0 Å². The van der Waals surface area contributed by atoms with Crippen LogP contribution in [0.15, 0.2) is 30.3 Å². The van der Waals surface area contributed by atoms with Gasteiger partial charge in [0, 0.05) is 0 Å². The fourth-order valence-electron chi connectivity index (χ4n) is 1.75. The second-order valence-electron chi connectivity index (χ2n) is 3.53. The van der Waals surface area contributed by atoms with E-state index in [1.165, 1.54) is 21.9 Å². The quantitative estimate of drug-likeness (QED) is 0.565. The van der Waals surface area contributed by atoms with E-state index in [1.54, 1.807) is 0 Å². The molecule has 0 aliphatic rings. The van der Waals surface area contributed by atoms with E-state index >= 15 is 0 Å². The Kier molecular flexibility index (Phi) is 1.84. The monoisotopic (exact) mass is 169 g/mol. The summed E-state index contributed by atoms with van der Waals surface area (Å²) in [7, 11) is 0. The van der Waals surface area contributed by atoms with E-state index in [-0.39, 0.29) is 0 Å². The van der Waals surface area contributed by atoms with Crippen LogP contribution < -0.4 is 0 Å². The summed E-state index contributed by atoms with van der Waals surface area (Å²) in [6.07, 6.45) is 0. The normalized spacial score (nSPS) is 10.7. The van der Waals surface area contributed by atoms with E-state index < -0.39 is 0 Å². The van der Waals surface area contributed by atoms with Crippen molar-refractivity contribution in [3.8, 4) is 0 Å². The molecule has 1 radical (unpaired) electrons. The van der Waals surface area contributed by atoms with Gasteiger partial charge in [-0.2, -0.15) is 0 Å². The van der Waals surface area contributed by atoms with Crippen LogP contribution in [0, 0.1) is 20.8 Å². The highest BCUT2D eigenvalue weighted by Gasteiger charge is 2.01. The van der Waals surface area contributed by atoms with Crippen molar-refractivity contribution < 1.29 is 0 Å². The number of fused-ring (bicyclic) bond motifs is 1. The van der Waals surface area contributed by atoms with Crippen LogP contribution in [0.4, 0.5) is 0 Å². The fourth-order valence-corrected chi connectivity index (χ4v) is 1.75. The smallest absolute Gasteiger partial charge is 0.0120 e. The van der Waals surface area contributed by atoms with Gasteiger partial charge in [0.05, 0.1) is 0 Å². The molecule has 0 nitrogen and oxygen atoms in total. The highest BCUT2D eigenvalue weighted by atomic mass is 14.1. The molecule has 0 fully saturated rings. The molecule has 0 spiro atoms. The van der Waals surface area contributed by atoms with Crippen LogP contribution in [0.5, 0.6) is 0 Å². The Bertz CT molecular complexity index is 453. The summed E-state index contributed by atoms with van der Waals surface area (Å²) in [5.74, 6) is 0. The lowest BCUT2D eigenvalue weighted by atomic mass is 9.97. The summed E-state index contributed by atoms with van der Waals surface area (Å²) in [6, 6.07) is 10.6. The molecule has 2 aromatic carbocycles. The molecular weight excluding hydrogens is 156 g/mol. The second-order valence-corrected chi connectivity index (χ2v) is 3.53. The molecule has 0 N–H and O–H groups in total. The highest BCUT2D eigenvalue weighted by molar-refractivity contribution is 5.90. The largest absolute Gasteiger partial charge is 0.0614 e. The zero-order valence-electron chi connectivity index (χ0n) is 8.09. The van der Waals surface area contributed by atoms with E-state index in [4.69, 9.17) is 0 Å². The molecule has 13 heavy (non-hydrogen) atoms. The summed E-state index contributed by atoms with van der Waals surface area (Å²) in [6.45, 7) is 8.35. The van der Waals surface area contributed by atoms with Crippen LogP contribution >= 0.6 is 0 Å². The molecular formula is C13H13. The van der Waals surface area contributed by atoms with Crippen LogP contribution in [0.2, 0.25) is 0 Å². The molecule has 65 valence electrons. The van der Waals surface area contributed by atoms with E-state index in [9.17, 15) is 0 Å². The molecule has 2 aromatic rings. The lowest BCUT2D eigenvalue weighted by molar-refractivity contribution is 1.43. The van der Waals surface area contributed by atoms with E-state index in [2.05, 4.69) is 51.1 Å². The van der Waals surface area contributed by atoms with Crippen molar-refractivity contribution in [1.29, 1.82) is 0 Å². The van der Waals surface area contributed by atoms with Gasteiger partial charge in [-0.3, -0.25) is 0 Å². The number of hydrogen-bond acceptors (Lipinski definition) is 0. The second kappa shape index (κ2) is 2.88. The Morgan fingerprint density at radius 3 is 2.46 bits per heavy atom. The first kappa shape index (κ1) is 8.31. The number of aryl methyl sites for hydroxylation is 2. The molecule has 0 aliphatic carbocycles. The lowest BCUT2D eigenvalue weighted by Crippen LogP contribution is -1.86. The van der Waals surface area contributed by atoms with Gasteiger partial charge in [-0.1, -0.05) is 30.3 Å². The van der Waals surface area contributed by atoms with Gasteiger partial charge in [-0.05, 0) is 48.2 Å². The van der Waals surface area contributed by atoms with Crippen LogP contribution in [0.25, 0.3) is 10.8 Å². The first-order valence-corrected chi connectivity index (χ1v) is 4.51. The maximum Gasteiger partial charge on any atom is -0.0120 e. The number of hydrogen-bond donors (Lipinski definition) is 0. The summed E-state index contributed by atoms with van der Waals surface area (Å²) in [5, 5.41) is 2.60. The molecule has 0 amide bonds. The van der Waals surface area contributed by atoms with Crippen molar-refractivity contribution in [2.45, 2.75) is 13.8 Å². The van der Waals surface area contributed by atoms with Crippen molar-refractivity contribution in [1.82, 2.24) is 0 Å². The Morgan fingerprint density at radius 2 is 1.69 bits per heavy atom. The van der Waals surface area contributed by atoms with Gasteiger partial charge in [-0.15, -0.1) is 0 Å². The van der Waals surface area contributed by atoms with Crippen molar-refractivity contribution in [3.63, 3.8) is 0 Å². The fraction of sp³-hybridized carbons (Fsp3) is 0.154. The molecule has 0 unspecified atom stereocenters. The molecule has 0 heteroatoms. The van der Waals surface area contributed by atoms with E-state index in [1.807, 2.05) is 0 Å². The Balaban J connectivity index is 2.97. The van der Waals surface area contributed by atoms with Gasteiger partial charge in [0.2, 0.25) is 0 Å². The summed E-state index contributed by atoms with van der Waals surface area (Å²) >= 11 is 0. The Morgan fingerprint density at radius 1 is 0.923 bits per heavy atom. The molecule has 0 atom stereocenters. The molecule has 0 aliphatic heterocycles. The van der Waals surface area contributed by atoms with Gasteiger partial charge < -0.3 is 0 Å². The minimum atomic E-state index is 1.16. The maximum absolute atomic E-state index is 4.11. The van der Waals surface area contributed by atoms with Crippen LogP contribution in [0.1, 0.15) is 16.7 Å². The predicted molar refractivity (Wildman–Crippen MR) is 57.9 cm³/mol. The molecule has 2 rings (SSSR count). The highest BCUT2D eigenvalue weighted by Crippen LogP contribution is 2.24. The SMILES string of the molecule is [CH2]c1c(C)ccc2cccc(C)c12.